The molecule has 1 heterocycles. The molecule has 1 atom stereocenters. The molecule has 0 bridgehead atoms. The second-order valence-electron chi connectivity index (χ2n) is 5.32. The molecule has 0 radical (unpaired) electrons. The second kappa shape index (κ2) is 6.38. The normalized spacial score (nSPS) is 17.6. The lowest BCUT2D eigenvalue weighted by Gasteiger charge is -2.27. The van der Waals surface area contributed by atoms with Crippen LogP contribution in [0.3, 0.4) is 0 Å². The minimum atomic E-state index is -4.72. The van der Waals surface area contributed by atoms with Gasteiger partial charge in [-0.3, -0.25) is 9.59 Å². The molecule has 2 amide bonds. The zero-order chi connectivity index (χ0) is 18.1. The van der Waals surface area contributed by atoms with E-state index < -0.39 is 35.6 Å². The largest absolute Gasteiger partial charge is 0.418 e. The molecule has 1 aromatic rings. The highest BCUT2D eigenvalue weighted by molar-refractivity contribution is 5.97. The number of guanidine groups is 1. The quantitative estimate of drug-likeness (QED) is 0.546. The van der Waals surface area contributed by atoms with Crippen LogP contribution < -0.4 is 22.1 Å². The predicted molar refractivity (Wildman–Crippen MR) is 81.1 cm³/mol. The van der Waals surface area contributed by atoms with Crippen molar-refractivity contribution < 1.29 is 22.8 Å². The van der Waals surface area contributed by atoms with Crippen LogP contribution in [-0.4, -0.2) is 30.4 Å². The number of carbonyl (C=O) groups excluding carboxylic acids is 2. The number of alkyl halides is 3. The third-order valence-electron chi connectivity index (χ3n) is 3.67. The zero-order valence-electron chi connectivity index (χ0n) is 12.5. The summed E-state index contributed by atoms with van der Waals surface area (Å²) in [6.07, 6.45) is -3.89. The first-order chi connectivity index (χ1) is 11.1. The van der Waals surface area contributed by atoms with Crippen molar-refractivity contribution in [1.82, 2.24) is 0 Å². The van der Waals surface area contributed by atoms with E-state index in [9.17, 15) is 22.8 Å². The number of halogens is 3. The lowest BCUT2D eigenvalue weighted by atomic mass is 10.1. The molecule has 0 unspecified atom stereocenters. The highest BCUT2D eigenvalue weighted by Crippen LogP contribution is 2.39. The van der Waals surface area contributed by atoms with Crippen molar-refractivity contribution in [3.63, 3.8) is 0 Å². The molecule has 1 aliphatic heterocycles. The Labute approximate surface area is 135 Å². The smallest absolute Gasteiger partial charge is 0.370 e. The Hall–Kier alpha value is -2.78. The van der Waals surface area contributed by atoms with E-state index in [1.807, 2.05) is 0 Å². The highest BCUT2D eigenvalue weighted by Gasteiger charge is 2.39. The van der Waals surface area contributed by atoms with E-state index in [-0.39, 0.29) is 17.8 Å². The van der Waals surface area contributed by atoms with Crippen LogP contribution in [0.5, 0.6) is 0 Å². The average Bonchev–Trinajstić information content (AvgIpc) is 2.94. The maximum atomic E-state index is 13.4. The highest BCUT2D eigenvalue weighted by atomic mass is 19.4. The Morgan fingerprint density at radius 2 is 1.88 bits per heavy atom. The van der Waals surface area contributed by atoms with Gasteiger partial charge in [0.25, 0.3) is 5.91 Å². The summed E-state index contributed by atoms with van der Waals surface area (Å²) in [5.74, 6) is -2.13. The first-order valence-electron chi connectivity index (χ1n) is 7.02. The van der Waals surface area contributed by atoms with Gasteiger partial charge in [-0.15, -0.1) is 0 Å². The van der Waals surface area contributed by atoms with Crippen LogP contribution in [0.25, 0.3) is 0 Å². The maximum absolute atomic E-state index is 13.4. The van der Waals surface area contributed by atoms with Crippen LogP contribution in [0.4, 0.5) is 18.9 Å². The number of primary amides is 1. The lowest BCUT2D eigenvalue weighted by molar-refractivity contribution is -0.137. The summed E-state index contributed by atoms with van der Waals surface area (Å²) in [6, 6.07) is 2.10. The fourth-order valence-corrected chi connectivity index (χ4v) is 2.68. The summed E-state index contributed by atoms with van der Waals surface area (Å²) >= 11 is 0. The number of benzene rings is 1. The van der Waals surface area contributed by atoms with Gasteiger partial charge in [0, 0.05) is 17.8 Å². The molecule has 0 spiro atoms. The number of hydrogen-bond donors (Lipinski definition) is 3. The summed E-state index contributed by atoms with van der Waals surface area (Å²) < 4.78 is 40.1. The van der Waals surface area contributed by atoms with Gasteiger partial charge in [-0.2, -0.15) is 18.2 Å². The van der Waals surface area contributed by atoms with Crippen LogP contribution in [-0.2, 0) is 11.0 Å². The maximum Gasteiger partial charge on any atom is 0.418 e. The Morgan fingerprint density at radius 3 is 2.42 bits per heavy atom. The summed E-state index contributed by atoms with van der Waals surface area (Å²) in [6.45, 7) is 0.232. The molecule has 2 rings (SSSR count). The third kappa shape index (κ3) is 3.58. The van der Waals surface area contributed by atoms with Crippen LogP contribution in [0.1, 0.15) is 28.8 Å². The third-order valence-corrected chi connectivity index (χ3v) is 3.67. The van der Waals surface area contributed by atoms with Gasteiger partial charge in [-0.05, 0) is 31.0 Å². The molecule has 1 aromatic carbocycles. The number of carbonyl (C=O) groups is 2. The summed E-state index contributed by atoms with van der Waals surface area (Å²) in [4.78, 5) is 27.9. The minimum absolute atomic E-state index is 0.214. The first-order valence-corrected chi connectivity index (χ1v) is 7.02. The SMILES string of the molecule is NC(=O)c1ccc(N2CCC[C@H]2C(=O)N=C(N)N)c(C(F)(F)F)c1. The monoisotopic (exact) mass is 343 g/mol. The zero-order valence-corrected chi connectivity index (χ0v) is 12.5. The standard InChI is InChI=1S/C14H16F3N5O2/c15-14(16,17)8-6-7(11(18)23)3-4-9(8)22-5-1-2-10(22)12(24)21-13(19)20/h3-4,6,10H,1-2,5H2,(H2,18,23)(H4,19,20,21,24)/t10-/m0/s1. The van der Waals surface area contributed by atoms with Gasteiger partial charge in [0.05, 0.1) is 5.56 Å². The predicted octanol–water partition coefficient (Wildman–Crippen LogP) is 0.573. The Morgan fingerprint density at radius 1 is 1.21 bits per heavy atom. The van der Waals surface area contributed by atoms with E-state index in [0.29, 0.717) is 18.9 Å². The number of rotatable bonds is 3. The molecule has 0 saturated carbocycles. The molecule has 0 aromatic heterocycles. The molecule has 6 N–H and O–H groups in total. The van der Waals surface area contributed by atoms with E-state index in [0.717, 1.165) is 6.07 Å². The average molecular weight is 343 g/mol. The van der Waals surface area contributed by atoms with Gasteiger partial charge in [-0.1, -0.05) is 0 Å². The van der Waals surface area contributed by atoms with Crippen LogP contribution in [0.2, 0.25) is 0 Å². The van der Waals surface area contributed by atoms with Crippen LogP contribution in [0.15, 0.2) is 23.2 Å². The van der Waals surface area contributed by atoms with Crippen molar-refractivity contribution >= 4 is 23.5 Å². The summed E-state index contributed by atoms with van der Waals surface area (Å²) in [7, 11) is 0. The van der Waals surface area contributed by atoms with E-state index in [1.54, 1.807) is 0 Å². The second-order valence-corrected chi connectivity index (χ2v) is 5.32. The number of nitrogens with zero attached hydrogens (tertiary/aromatic N) is 2. The number of anilines is 1. The van der Waals surface area contributed by atoms with Crippen molar-refractivity contribution in [2.24, 2.45) is 22.2 Å². The first kappa shape index (κ1) is 17.6. The molecule has 1 saturated heterocycles. The van der Waals surface area contributed by atoms with Crippen molar-refractivity contribution in [2.45, 2.75) is 25.1 Å². The number of aliphatic imine (C=N–C) groups is 1. The summed E-state index contributed by atoms with van der Waals surface area (Å²) in [5.41, 5.74) is 13.8. The molecule has 24 heavy (non-hydrogen) atoms. The molecule has 7 nitrogen and oxygen atoms in total. The van der Waals surface area contributed by atoms with Crippen LogP contribution in [0, 0.1) is 0 Å². The molecule has 1 fully saturated rings. The molecular weight excluding hydrogens is 327 g/mol. The number of amides is 2. The van der Waals surface area contributed by atoms with Crippen molar-refractivity contribution in [3.05, 3.63) is 29.3 Å². The van der Waals surface area contributed by atoms with Gasteiger partial charge >= 0.3 is 6.18 Å². The number of nitrogens with two attached hydrogens (primary N) is 3. The van der Waals surface area contributed by atoms with Gasteiger partial charge in [0.2, 0.25) is 5.91 Å². The van der Waals surface area contributed by atoms with Crippen molar-refractivity contribution in [2.75, 3.05) is 11.4 Å². The Kier molecular flexibility index (Phi) is 4.67. The van der Waals surface area contributed by atoms with E-state index in [4.69, 9.17) is 17.2 Å². The molecule has 10 heteroatoms. The van der Waals surface area contributed by atoms with Gasteiger partial charge in [0.1, 0.15) is 6.04 Å². The topological polar surface area (TPSA) is 128 Å². The van der Waals surface area contributed by atoms with Gasteiger partial charge in [-0.25, -0.2) is 0 Å². The lowest BCUT2D eigenvalue weighted by Crippen LogP contribution is -2.38. The summed E-state index contributed by atoms with van der Waals surface area (Å²) in [5, 5.41) is 0. The van der Waals surface area contributed by atoms with Crippen molar-refractivity contribution in [3.8, 4) is 0 Å². The number of hydrogen-bond acceptors (Lipinski definition) is 3. The van der Waals surface area contributed by atoms with Crippen LogP contribution >= 0.6 is 0 Å². The fourth-order valence-electron chi connectivity index (χ4n) is 2.68. The van der Waals surface area contributed by atoms with E-state index >= 15 is 0 Å². The Balaban J connectivity index is 2.48. The molecule has 1 aliphatic rings. The van der Waals surface area contributed by atoms with E-state index in [2.05, 4.69) is 4.99 Å². The fraction of sp³-hybridized carbons (Fsp3) is 0.357. The van der Waals surface area contributed by atoms with Gasteiger partial charge < -0.3 is 22.1 Å². The molecule has 0 aliphatic carbocycles. The van der Waals surface area contributed by atoms with Crippen molar-refractivity contribution in [1.29, 1.82) is 0 Å². The molecule has 130 valence electrons. The minimum Gasteiger partial charge on any atom is -0.370 e. The Bertz CT molecular complexity index is 698. The van der Waals surface area contributed by atoms with Gasteiger partial charge in [0.15, 0.2) is 5.96 Å². The van der Waals surface area contributed by atoms with E-state index in [1.165, 1.54) is 11.0 Å². The molecular formula is C14H16F3N5O2.